The average molecular weight is 207 g/mol. The van der Waals surface area contributed by atoms with Crippen LogP contribution in [0.5, 0.6) is 5.75 Å². The fraction of sp³-hybridized carbons (Fsp3) is 0.364. The van der Waals surface area contributed by atoms with Gasteiger partial charge in [0, 0.05) is 12.0 Å². The quantitative estimate of drug-likeness (QED) is 0.670. The number of phenolic OH excluding ortho intramolecular Hbond substituents is 1. The molecule has 0 amide bonds. The molecule has 80 valence electrons. The van der Waals surface area contributed by atoms with Gasteiger partial charge in [0.15, 0.2) is 0 Å². The molecule has 0 aliphatic heterocycles. The first kappa shape index (κ1) is 9.98. The Morgan fingerprint density at radius 3 is 2.93 bits per heavy atom. The molecular weight excluding hydrogens is 194 g/mol. The molecule has 4 heteroatoms. The summed E-state index contributed by atoms with van der Waals surface area (Å²) in [5.74, 6) is -0.813. The monoisotopic (exact) mass is 207 g/mol. The molecular formula is C11H13NO3. The maximum Gasteiger partial charge on any atom is 0.304 e. The molecule has 15 heavy (non-hydrogen) atoms. The van der Waals surface area contributed by atoms with E-state index >= 15 is 0 Å². The van der Waals surface area contributed by atoms with Gasteiger partial charge in [-0.3, -0.25) is 4.79 Å². The van der Waals surface area contributed by atoms with Crippen molar-refractivity contribution in [2.24, 2.45) is 5.73 Å². The molecule has 0 saturated carbocycles. The van der Waals surface area contributed by atoms with Crippen LogP contribution in [0.2, 0.25) is 0 Å². The average Bonchev–Trinajstić information content (AvgIpc) is 2.45. The second-order valence-corrected chi connectivity index (χ2v) is 3.92. The number of aromatic hydroxyl groups is 1. The third-order valence-electron chi connectivity index (χ3n) is 2.94. The zero-order chi connectivity index (χ0) is 11.0. The van der Waals surface area contributed by atoms with Crippen molar-refractivity contribution in [2.45, 2.75) is 24.8 Å². The van der Waals surface area contributed by atoms with E-state index in [0.29, 0.717) is 6.42 Å². The molecule has 4 N–H and O–H groups in total. The van der Waals surface area contributed by atoms with Crippen molar-refractivity contribution >= 4 is 5.97 Å². The lowest BCUT2D eigenvalue weighted by atomic mass is 9.95. The van der Waals surface area contributed by atoms with Gasteiger partial charge in [-0.25, -0.2) is 0 Å². The molecule has 2 atom stereocenters. The van der Waals surface area contributed by atoms with Crippen LogP contribution in [-0.4, -0.2) is 22.2 Å². The number of hydrogen-bond donors (Lipinski definition) is 3. The van der Waals surface area contributed by atoms with Gasteiger partial charge in [-0.15, -0.1) is 0 Å². The topological polar surface area (TPSA) is 83.5 Å². The maximum absolute atomic E-state index is 10.7. The molecule has 4 nitrogen and oxygen atoms in total. The van der Waals surface area contributed by atoms with Crippen molar-refractivity contribution < 1.29 is 15.0 Å². The number of nitrogens with two attached hydrogens (primary N) is 1. The van der Waals surface area contributed by atoms with Crippen LogP contribution < -0.4 is 5.73 Å². The first-order chi connectivity index (χ1) is 7.09. The Morgan fingerprint density at radius 1 is 1.53 bits per heavy atom. The molecule has 1 aromatic rings. The van der Waals surface area contributed by atoms with Gasteiger partial charge in [-0.05, 0) is 23.6 Å². The number of carbonyl (C=O) groups is 1. The minimum atomic E-state index is -0.855. The molecule has 0 spiro atoms. The lowest BCUT2D eigenvalue weighted by Crippen LogP contribution is -2.26. The summed E-state index contributed by atoms with van der Waals surface area (Å²) >= 11 is 0. The number of benzene rings is 1. The molecule has 1 aliphatic carbocycles. The largest absolute Gasteiger partial charge is 0.508 e. The lowest BCUT2D eigenvalue weighted by Gasteiger charge is -2.13. The van der Waals surface area contributed by atoms with Gasteiger partial charge in [0.2, 0.25) is 0 Å². The SMILES string of the molecule is NC1Cc2c(O)cccc2C1CC(=O)O. The standard InChI is InChI=1S/C11H13NO3/c12-9-4-8-6(2-1-3-10(8)13)7(9)5-11(14)15/h1-3,7,9,13H,4-5,12H2,(H,14,15). The van der Waals surface area contributed by atoms with Crippen LogP contribution in [0.15, 0.2) is 18.2 Å². The second kappa shape index (κ2) is 3.55. The van der Waals surface area contributed by atoms with Crippen molar-refractivity contribution in [3.63, 3.8) is 0 Å². The summed E-state index contributed by atoms with van der Waals surface area (Å²) in [5, 5.41) is 18.4. The van der Waals surface area contributed by atoms with E-state index in [4.69, 9.17) is 10.8 Å². The molecule has 1 aromatic carbocycles. The van der Waals surface area contributed by atoms with Crippen molar-refractivity contribution in [1.29, 1.82) is 0 Å². The zero-order valence-electron chi connectivity index (χ0n) is 8.18. The minimum Gasteiger partial charge on any atom is -0.508 e. The third kappa shape index (κ3) is 1.68. The second-order valence-electron chi connectivity index (χ2n) is 3.92. The Morgan fingerprint density at radius 2 is 2.27 bits per heavy atom. The number of carboxylic acid groups (broad SMARTS) is 1. The number of phenols is 1. The number of carboxylic acids is 1. The first-order valence-corrected chi connectivity index (χ1v) is 4.87. The Bertz CT molecular complexity index is 403. The van der Waals surface area contributed by atoms with Crippen LogP contribution >= 0.6 is 0 Å². The number of hydrogen-bond acceptors (Lipinski definition) is 3. The van der Waals surface area contributed by atoms with Gasteiger partial charge >= 0.3 is 5.97 Å². The summed E-state index contributed by atoms with van der Waals surface area (Å²) in [6.07, 6.45) is 0.581. The van der Waals surface area contributed by atoms with Crippen LogP contribution in [0, 0.1) is 0 Å². The Hall–Kier alpha value is -1.55. The summed E-state index contributed by atoms with van der Waals surface area (Å²) in [4.78, 5) is 10.7. The summed E-state index contributed by atoms with van der Waals surface area (Å²) in [6.45, 7) is 0. The molecule has 0 heterocycles. The molecule has 0 aromatic heterocycles. The van der Waals surface area contributed by atoms with Crippen molar-refractivity contribution in [1.82, 2.24) is 0 Å². The van der Waals surface area contributed by atoms with Crippen LogP contribution in [0.1, 0.15) is 23.5 Å². The van der Waals surface area contributed by atoms with Gasteiger partial charge in [-0.1, -0.05) is 12.1 Å². The zero-order valence-corrected chi connectivity index (χ0v) is 8.18. The van der Waals surface area contributed by atoms with Crippen molar-refractivity contribution in [3.8, 4) is 5.75 Å². The minimum absolute atomic E-state index is 0.0254. The van der Waals surface area contributed by atoms with Gasteiger partial charge in [0.1, 0.15) is 5.75 Å². The molecule has 0 bridgehead atoms. The van der Waals surface area contributed by atoms with E-state index in [1.807, 2.05) is 6.07 Å². The Kier molecular flexibility index (Phi) is 2.36. The van der Waals surface area contributed by atoms with Crippen molar-refractivity contribution in [2.75, 3.05) is 0 Å². The van der Waals surface area contributed by atoms with Crippen LogP contribution in [-0.2, 0) is 11.2 Å². The summed E-state index contributed by atoms with van der Waals surface area (Å²) in [5.41, 5.74) is 7.55. The molecule has 0 fully saturated rings. The highest BCUT2D eigenvalue weighted by atomic mass is 16.4. The first-order valence-electron chi connectivity index (χ1n) is 4.87. The highest BCUT2D eigenvalue weighted by Crippen LogP contribution is 2.38. The summed E-state index contributed by atoms with van der Waals surface area (Å²) in [7, 11) is 0. The van der Waals surface area contributed by atoms with E-state index in [0.717, 1.165) is 11.1 Å². The van der Waals surface area contributed by atoms with Gasteiger partial charge < -0.3 is 15.9 Å². The van der Waals surface area contributed by atoms with Crippen LogP contribution in [0.25, 0.3) is 0 Å². The highest BCUT2D eigenvalue weighted by molar-refractivity contribution is 5.69. The van der Waals surface area contributed by atoms with Gasteiger partial charge in [0.05, 0.1) is 6.42 Å². The lowest BCUT2D eigenvalue weighted by molar-refractivity contribution is -0.137. The predicted molar refractivity (Wildman–Crippen MR) is 54.8 cm³/mol. The number of rotatable bonds is 2. The molecule has 0 radical (unpaired) electrons. The number of aliphatic carboxylic acids is 1. The third-order valence-corrected chi connectivity index (χ3v) is 2.94. The highest BCUT2D eigenvalue weighted by Gasteiger charge is 2.32. The van der Waals surface area contributed by atoms with E-state index < -0.39 is 5.97 Å². The van der Waals surface area contributed by atoms with Gasteiger partial charge in [-0.2, -0.15) is 0 Å². The Labute approximate surface area is 87.3 Å². The molecule has 1 aliphatic rings. The summed E-state index contributed by atoms with van der Waals surface area (Å²) in [6, 6.07) is 4.97. The fourth-order valence-electron chi connectivity index (χ4n) is 2.22. The Balaban J connectivity index is 2.37. The van der Waals surface area contributed by atoms with E-state index in [2.05, 4.69) is 0 Å². The molecule has 0 saturated heterocycles. The number of fused-ring (bicyclic) bond motifs is 1. The molecule has 2 rings (SSSR count). The predicted octanol–water partition coefficient (Wildman–Crippen LogP) is 0.834. The van der Waals surface area contributed by atoms with E-state index in [9.17, 15) is 9.90 Å². The van der Waals surface area contributed by atoms with Gasteiger partial charge in [0.25, 0.3) is 0 Å². The van der Waals surface area contributed by atoms with E-state index in [1.54, 1.807) is 12.1 Å². The van der Waals surface area contributed by atoms with Crippen LogP contribution in [0.4, 0.5) is 0 Å². The van der Waals surface area contributed by atoms with E-state index in [1.165, 1.54) is 0 Å². The smallest absolute Gasteiger partial charge is 0.304 e. The van der Waals surface area contributed by atoms with Crippen LogP contribution in [0.3, 0.4) is 0 Å². The normalized spacial score (nSPS) is 23.8. The molecule has 2 unspecified atom stereocenters. The maximum atomic E-state index is 10.7. The van der Waals surface area contributed by atoms with E-state index in [-0.39, 0.29) is 24.1 Å². The fourth-order valence-corrected chi connectivity index (χ4v) is 2.22. The summed E-state index contributed by atoms with van der Waals surface area (Å²) < 4.78 is 0. The van der Waals surface area contributed by atoms with Crippen molar-refractivity contribution in [3.05, 3.63) is 29.3 Å².